The van der Waals surface area contributed by atoms with E-state index in [0.717, 1.165) is 5.56 Å². The van der Waals surface area contributed by atoms with Crippen molar-refractivity contribution in [1.29, 1.82) is 0 Å². The minimum atomic E-state index is -1.49. The topological polar surface area (TPSA) is 46.5 Å². The Kier molecular flexibility index (Phi) is 4.29. The van der Waals surface area contributed by atoms with Crippen LogP contribution in [0.5, 0.6) is 0 Å². The minimum Gasteiger partial charge on any atom is -0.467 e. The summed E-state index contributed by atoms with van der Waals surface area (Å²) in [6.07, 6.45) is 0. The smallest absolute Gasteiger partial charge is 0.338 e. The molecule has 0 bridgehead atoms. The summed E-state index contributed by atoms with van der Waals surface area (Å²) in [6, 6.07) is 9.50. The first-order valence-corrected chi connectivity index (χ1v) is 5.80. The molecule has 3 heteroatoms. The van der Waals surface area contributed by atoms with Gasteiger partial charge in [0.2, 0.25) is 0 Å². The second-order valence-electron chi connectivity index (χ2n) is 4.60. The van der Waals surface area contributed by atoms with Crippen molar-refractivity contribution in [1.82, 2.24) is 0 Å². The standard InChI is InChI=1S/C14H20O3/c1-10(2)14(16,13(15)17-4)11(3)12-8-6-5-7-9-12/h5-11,16H,1-4H3. The van der Waals surface area contributed by atoms with E-state index in [0.29, 0.717) is 0 Å². The van der Waals surface area contributed by atoms with Gasteiger partial charge in [-0.2, -0.15) is 0 Å². The largest absolute Gasteiger partial charge is 0.467 e. The number of rotatable bonds is 4. The Morgan fingerprint density at radius 1 is 1.24 bits per heavy atom. The van der Waals surface area contributed by atoms with Gasteiger partial charge >= 0.3 is 5.97 Å². The number of aliphatic hydroxyl groups is 1. The number of carbonyl (C=O) groups is 1. The van der Waals surface area contributed by atoms with Crippen LogP contribution in [0.1, 0.15) is 32.3 Å². The quantitative estimate of drug-likeness (QED) is 0.816. The van der Waals surface area contributed by atoms with Gasteiger partial charge in [-0.15, -0.1) is 0 Å². The molecule has 1 aromatic carbocycles. The molecule has 0 aliphatic rings. The predicted octanol–water partition coefficient (Wildman–Crippen LogP) is 2.35. The van der Waals surface area contributed by atoms with Gasteiger partial charge in [0.25, 0.3) is 0 Å². The molecular weight excluding hydrogens is 216 g/mol. The van der Waals surface area contributed by atoms with Gasteiger partial charge < -0.3 is 9.84 Å². The van der Waals surface area contributed by atoms with Crippen LogP contribution < -0.4 is 0 Å². The Bertz CT molecular complexity index is 372. The van der Waals surface area contributed by atoms with Crippen molar-refractivity contribution in [3.63, 3.8) is 0 Å². The lowest BCUT2D eigenvalue weighted by molar-refractivity contribution is -0.170. The summed E-state index contributed by atoms with van der Waals surface area (Å²) in [5, 5.41) is 10.6. The van der Waals surface area contributed by atoms with Crippen molar-refractivity contribution >= 4 is 5.97 Å². The summed E-state index contributed by atoms with van der Waals surface area (Å²) >= 11 is 0. The first-order chi connectivity index (χ1) is 7.94. The highest BCUT2D eigenvalue weighted by molar-refractivity contribution is 5.81. The molecule has 0 aromatic heterocycles. The molecule has 1 N–H and O–H groups in total. The van der Waals surface area contributed by atoms with E-state index in [9.17, 15) is 9.90 Å². The first kappa shape index (κ1) is 13.7. The van der Waals surface area contributed by atoms with E-state index >= 15 is 0 Å². The van der Waals surface area contributed by atoms with Gasteiger partial charge in [0.1, 0.15) is 0 Å². The second-order valence-corrected chi connectivity index (χ2v) is 4.60. The summed E-state index contributed by atoms with van der Waals surface area (Å²) < 4.78 is 4.73. The molecule has 0 spiro atoms. The third-order valence-electron chi connectivity index (χ3n) is 3.35. The Labute approximate surface area is 102 Å². The van der Waals surface area contributed by atoms with Crippen LogP contribution in [0.2, 0.25) is 0 Å². The van der Waals surface area contributed by atoms with Crippen molar-refractivity contribution in [3.05, 3.63) is 35.9 Å². The zero-order valence-electron chi connectivity index (χ0n) is 10.8. The number of hydrogen-bond donors (Lipinski definition) is 1. The van der Waals surface area contributed by atoms with Gasteiger partial charge in [-0.25, -0.2) is 4.79 Å². The van der Waals surface area contributed by atoms with Crippen LogP contribution in [-0.4, -0.2) is 23.8 Å². The predicted molar refractivity (Wildman–Crippen MR) is 66.7 cm³/mol. The summed E-state index contributed by atoms with van der Waals surface area (Å²) in [6.45, 7) is 5.47. The van der Waals surface area contributed by atoms with Crippen LogP contribution in [0.4, 0.5) is 0 Å². The van der Waals surface area contributed by atoms with Crippen molar-refractivity contribution < 1.29 is 14.6 Å². The fraction of sp³-hybridized carbons (Fsp3) is 0.500. The normalized spacial score (nSPS) is 16.4. The molecule has 1 aromatic rings. The monoisotopic (exact) mass is 236 g/mol. The van der Waals surface area contributed by atoms with Crippen molar-refractivity contribution in [3.8, 4) is 0 Å². The molecule has 0 fully saturated rings. The van der Waals surface area contributed by atoms with Crippen LogP contribution in [-0.2, 0) is 9.53 Å². The van der Waals surface area contributed by atoms with Crippen LogP contribution in [0.3, 0.4) is 0 Å². The van der Waals surface area contributed by atoms with E-state index in [-0.39, 0.29) is 11.8 Å². The molecular formula is C14H20O3. The van der Waals surface area contributed by atoms with E-state index in [1.807, 2.05) is 51.1 Å². The van der Waals surface area contributed by atoms with Gasteiger partial charge in [-0.05, 0) is 11.5 Å². The Balaban J connectivity index is 3.12. The van der Waals surface area contributed by atoms with E-state index < -0.39 is 11.6 Å². The first-order valence-electron chi connectivity index (χ1n) is 5.80. The van der Waals surface area contributed by atoms with Gasteiger partial charge in [-0.1, -0.05) is 51.1 Å². The highest BCUT2D eigenvalue weighted by atomic mass is 16.5. The number of benzene rings is 1. The highest BCUT2D eigenvalue weighted by Crippen LogP contribution is 2.35. The van der Waals surface area contributed by atoms with E-state index in [1.165, 1.54) is 7.11 Å². The number of hydrogen-bond acceptors (Lipinski definition) is 3. The van der Waals surface area contributed by atoms with Crippen LogP contribution in [0, 0.1) is 5.92 Å². The molecule has 0 saturated heterocycles. The van der Waals surface area contributed by atoms with Gasteiger partial charge in [0.15, 0.2) is 5.60 Å². The average Bonchev–Trinajstić information content (AvgIpc) is 2.36. The number of methoxy groups -OCH3 is 1. The summed E-state index contributed by atoms with van der Waals surface area (Å²) in [7, 11) is 1.30. The molecule has 0 saturated carbocycles. The SMILES string of the molecule is COC(=O)C(O)(C(C)C)C(C)c1ccccc1. The van der Waals surface area contributed by atoms with Crippen LogP contribution in [0.15, 0.2) is 30.3 Å². The maximum absolute atomic E-state index is 11.8. The van der Waals surface area contributed by atoms with Crippen molar-refractivity contribution in [2.75, 3.05) is 7.11 Å². The lowest BCUT2D eigenvalue weighted by Gasteiger charge is -2.35. The molecule has 0 amide bonds. The van der Waals surface area contributed by atoms with E-state index in [4.69, 9.17) is 4.74 Å². The van der Waals surface area contributed by atoms with E-state index in [1.54, 1.807) is 0 Å². The summed E-state index contributed by atoms with van der Waals surface area (Å²) in [4.78, 5) is 11.8. The fourth-order valence-corrected chi connectivity index (χ4v) is 2.07. The molecule has 2 unspecified atom stereocenters. The molecule has 94 valence electrons. The Morgan fingerprint density at radius 3 is 2.18 bits per heavy atom. The van der Waals surface area contributed by atoms with Crippen LogP contribution in [0.25, 0.3) is 0 Å². The highest BCUT2D eigenvalue weighted by Gasteiger charge is 2.46. The zero-order valence-corrected chi connectivity index (χ0v) is 10.8. The maximum Gasteiger partial charge on any atom is 0.338 e. The minimum absolute atomic E-state index is 0.217. The van der Waals surface area contributed by atoms with Gasteiger partial charge in [0, 0.05) is 5.92 Å². The van der Waals surface area contributed by atoms with Gasteiger partial charge in [0.05, 0.1) is 7.11 Å². The molecule has 1 rings (SSSR count). The Morgan fingerprint density at radius 2 is 1.76 bits per heavy atom. The molecule has 0 radical (unpaired) electrons. The van der Waals surface area contributed by atoms with Gasteiger partial charge in [-0.3, -0.25) is 0 Å². The lowest BCUT2D eigenvalue weighted by atomic mass is 9.76. The van der Waals surface area contributed by atoms with Crippen molar-refractivity contribution in [2.45, 2.75) is 32.3 Å². The summed E-state index contributed by atoms with van der Waals surface area (Å²) in [5.74, 6) is -1.11. The third kappa shape index (κ3) is 2.50. The summed E-state index contributed by atoms with van der Waals surface area (Å²) in [5.41, 5.74) is -0.565. The zero-order chi connectivity index (χ0) is 13.1. The average molecular weight is 236 g/mol. The number of esters is 1. The molecule has 2 atom stereocenters. The molecule has 3 nitrogen and oxygen atoms in total. The third-order valence-corrected chi connectivity index (χ3v) is 3.35. The second kappa shape index (κ2) is 5.32. The molecule has 0 heterocycles. The van der Waals surface area contributed by atoms with Crippen LogP contribution >= 0.6 is 0 Å². The molecule has 0 aliphatic carbocycles. The molecule has 17 heavy (non-hydrogen) atoms. The Hall–Kier alpha value is -1.35. The number of ether oxygens (including phenoxy) is 1. The van der Waals surface area contributed by atoms with E-state index in [2.05, 4.69) is 0 Å². The number of carbonyl (C=O) groups excluding carboxylic acids is 1. The van der Waals surface area contributed by atoms with Crippen molar-refractivity contribution in [2.24, 2.45) is 5.92 Å². The molecule has 0 aliphatic heterocycles. The lowest BCUT2D eigenvalue weighted by Crippen LogP contribution is -2.49. The maximum atomic E-state index is 11.8. The fourth-order valence-electron chi connectivity index (χ4n) is 2.07.